The quantitative estimate of drug-likeness (QED) is 0.575. The number of hydrogen-bond acceptors (Lipinski definition) is 6. The number of carbonyl (C=O) groups excluding carboxylic acids is 1. The molecule has 0 saturated carbocycles. The van der Waals surface area contributed by atoms with Gasteiger partial charge in [0, 0.05) is 11.6 Å². The van der Waals surface area contributed by atoms with Gasteiger partial charge in [-0.2, -0.15) is 0 Å². The van der Waals surface area contributed by atoms with Crippen LogP contribution in [0.3, 0.4) is 0 Å². The molecule has 1 heterocycles. The van der Waals surface area contributed by atoms with Gasteiger partial charge in [0.2, 0.25) is 5.89 Å². The van der Waals surface area contributed by atoms with Crippen molar-refractivity contribution in [1.29, 1.82) is 0 Å². The minimum atomic E-state index is -0.692. The lowest BCUT2D eigenvalue weighted by atomic mass is 10.1. The predicted octanol–water partition coefficient (Wildman–Crippen LogP) is 3.51. The van der Waals surface area contributed by atoms with Crippen LogP contribution in [0.15, 0.2) is 46.9 Å². The predicted molar refractivity (Wildman–Crippen MR) is 90.3 cm³/mol. The Balaban J connectivity index is 1.84. The Morgan fingerprint density at radius 1 is 1.16 bits per heavy atom. The SMILES string of the molecule is Cc1ccc(-c2nnc(NC(=O)c3ccccc3[N+](=O)[O-])o2)c(C)c1. The molecule has 0 bridgehead atoms. The van der Waals surface area contributed by atoms with Gasteiger partial charge in [0.15, 0.2) is 0 Å². The number of para-hydroxylation sites is 1. The van der Waals surface area contributed by atoms with Crippen molar-refractivity contribution >= 4 is 17.6 Å². The molecule has 25 heavy (non-hydrogen) atoms. The van der Waals surface area contributed by atoms with Crippen LogP contribution in [0.1, 0.15) is 21.5 Å². The van der Waals surface area contributed by atoms with Crippen molar-refractivity contribution in [2.24, 2.45) is 0 Å². The molecule has 0 fully saturated rings. The zero-order valence-electron chi connectivity index (χ0n) is 13.5. The lowest BCUT2D eigenvalue weighted by molar-refractivity contribution is -0.385. The van der Waals surface area contributed by atoms with Crippen LogP contribution in [-0.2, 0) is 0 Å². The molecule has 2 aromatic carbocycles. The number of amides is 1. The largest absolute Gasteiger partial charge is 0.403 e. The van der Waals surface area contributed by atoms with Gasteiger partial charge < -0.3 is 4.42 Å². The molecule has 0 aliphatic heterocycles. The molecule has 0 aliphatic carbocycles. The van der Waals surface area contributed by atoms with Crippen molar-refractivity contribution in [1.82, 2.24) is 10.2 Å². The third-order valence-corrected chi connectivity index (χ3v) is 3.60. The Kier molecular flexibility index (Phi) is 4.25. The molecule has 8 nitrogen and oxygen atoms in total. The van der Waals surface area contributed by atoms with Gasteiger partial charge in [0.25, 0.3) is 11.6 Å². The van der Waals surface area contributed by atoms with Gasteiger partial charge in [0.1, 0.15) is 5.56 Å². The first-order valence-corrected chi connectivity index (χ1v) is 7.41. The monoisotopic (exact) mass is 338 g/mol. The first-order valence-electron chi connectivity index (χ1n) is 7.41. The van der Waals surface area contributed by atoms with E-state index in [1.807, 2.05) is 32.0 Å². The van der Waals surface area contributed by atoms with E-state index in [0.717, 1.165) is 16.7 Å². The van der Waals surface area contributed by atoms with Gasteiger partial charge in [-0.05, 0) is 31.5 Å². The normalized spacial score (nSPS) is 10.5. The number of aromatic nitrogens is 2. The molecule has 3 aromatic rings. The second kappa shape index (κ2) is 6.52. The summed E-state index contributed by atoms with van der Waals surface area (Å²) in [5.74, 6) is -0.432. The number of rotatable bonds is 4. The lowest BCUT2D eigenvalue weighted by Gasteiger charge is -2.02. The van der Waals surface area contributed by atoms with Gasteiger partial charge in [-0.15, -0.1) is 5.10 Å². The average molecular weight is 338 g/mol. The van der Waals surface area contributed by atoms with E-state index in [-0.39, 0.29) is 23.2 Å². The van der Waals surface area contributed by atoms with Gasteiger partial charge in [0.05, 0.1) is 4.92 Å². The summed E-state index contributed by atoms with van der Waals surface area (Å²) in [4.78, 5) is 22.6. The summed E-state index contributed by atoms with van der Waals surface area (Å²) in [5, 5.41) is 21.1. The van der Waals surface area contributed by atoms with Crippen LogP contribution >= 0.6 is 0 Å². The van der Waals surface area contributed by atoms with Crippen molar-refractivity contribution in [2.75, 3.05) is 5.32 Å². The molecule has 0 unspecified atom stereocenters. The van der Waals surface area contributed by atoms with Crippen molar-refractivity contribution in [2.45, 2.75) is 13.8 Å². The van der Waals surface area contributed by atoms with Gasteiger partial charge in [-0.1, -0.05) is 34.9 Å². The molecular formula is C17H14N4O4. The van der Waals surface area contributed by atoms with E-state index >= 15 is 0 Å². The maximum Gasteiger partial charge on any atom is 0.322 e. The fourth-order valence-corrected chi connectivity index (χ4v) is 2.43. The van der Waals surface area contributed by atoms with E-state index in [0.29, 0.717) is 0 Å². The molecule has 1 N–H and O–H groups in total. The van der Waals surface area contributed by atoms with Crippen LogP contribution in [0.2, 0.25) is 0 Å². The maximum atomic E-state index is 12.3. The topological polar surface area (TPSA) is 111 Å². The molecule has 0 spiro atoms. The molecule has 0 aliphatic rings. The smallest absolute Gasteiger partial charge is 0.322 e. The second-order valence-electron chi connectivity index (χ2n) is 5.46. The van der Waals surface area contributed by atoms with E-state index in [2.05, 4.69) is 15.5 Å². The Hall–Kier alpha value is -3.55. The standard InChI is InChI=1S/C17H14N4O4/c1-10-7-8-12(11(2)9-10)16-19-20-17(25-16)18-15(22)13-5-3-4-6-14(13)21(23)24/h3-9H,1-2H3,(H,18,20,22). The third-order valence-electron chi connectivity index (χ3n) is 3.60. The van der Waals surface area contributed by atoms with Gasteiger partial charge in [-0.3, -0.25) is 20.2 Å². The summed E-state index contributed by atoms with van der Waals surface area (Å²) in [6, 6.07) is 11.3. The van der Waals surface area contributed by atoms with E-state index in [1.165, 1.54) is 24.3 Å². The minimum Gasteiger partial charge on any atom is -0.403 e. The number of benzene rings is 2. The van der Waals surface area contributed by atoms with Crippen LogP contribution in [0.5, 0.6) is 0 Å². The highest BCUT2D eigenvalue weighted by molar-refractivity contribution is 6.06. The van der Waals surface area contributed by atoms with Crippen LogP contribution in [0.25, 0.3) is 11.5 Å². The van der Waals surface area contributed by atoms with Gasteiger partial charge in [-0.25, -0.2) is 0 Å². The Morgan fingerprint density at radius 3 is 2.64 bits per heavy atom. The molecule has 0 saturated heterocycles. The number of hydrogen-bond donors (Lipinski definition) is 1. The fraction of sp³-hybridized carbons (Fsp3) is 0.118. The first kappa shape index (κ1) is 16.3. The molecule has 1 aromatic heterocycles. The third kappa shape index (κ3) is 3.37. The number of nitrogens with zero attached hydrogens (tertiary/aromatic N) is 3. The number of nitrogens with one attached hydrogen (secondary N) is 1. The summed E-state index contributed by atoms with van der Waals surface area (Å²) in [6.07, 6.45) is 0. The second-order valence-corrected chi connectivity index (χ2v) is 5.46. The average Bonchev–Trinajstić information content (AvgIpc) is 3.02. The van der Waals surface area contributed by atoms with E-state index in [4.69, 9.17) is 4.42 Å². The molecular weight excluding hydrogens is 324 g/mol. The zero-order chi connectivity index (χ0) is 18.0. The van der Waals surface area contributed by atoms with Gasteiger partial charge >= 0.3 is 6.01 Å². The van der Waals surface area contributed by atoms with E-state index in [1.54, 1.807) is 0 Å². The summed E-state index contributed by atoms with van der Waals surface area (Å²) in [6.45, 7) is 3.89. The van der Waals surface area contributed by atoms with Crippen LogP contribution < -0.4 is 5.32 Å². The number of carbonyl (C=O) groups is 1. The number of aryl methyl sites for hydroxylation is 2. The molecule has 0 atom stereocenters. The number of nitro groups is 1. The highest BCUT2D eigenvalue weighted by Gasteiger charge is 2.21. The van der Waals surface area contributed by atoms with Crippen molar-refractivity contribution in [3.8, 4) is 11.5 Å². The van der Waals surface area contributed by atoms with Crippen molar-refractivity contribution < 1.29 is 14.1 Å². The minimum absolute atomic E-state index is 0.0845. The summed E-state index contributed by atoms with van der Waals surface area (Å²) in [7, 11) is 0. The van der Waals surface area contributed by atoms with E-state index in [9.17, 15) is 14.9 Å². The van der Waals surface area contributed by atoms with E-state index < -0.39 is 10.8 Å². The highest BCUT2D eigenvalue weighted by atomic mass is 16.6. The van der Waals surface area contributed by atoms with Crippen LogP contribution in [-0.4, -0.2) is 21.0 Å². The molecule has 0 radical (unpaired) electrons. The zero-order valence-corrected chi connectivity index (χ0v) is 13.5. The first-order chi connectivity index (χ1) is 12.0. The Bertz CT molecular complexity index is 965. The fourth-order valence-electron chi connectivity index (χ4n) is 2.43. The number of nitro benzene ring substituents is 1. The van der Waals surface area contributed by atoms with Crippen LogP contribution in [0.4, 0.5) is 11.7 Å². The summed E-state index contributed by atoms with van der Waals surface area (Å²) in [5.41, 5.74) is 2.43. The molecule has 3 rings (SSSR count). The van der Waals surface area contributed by atoms with Crippen LogP contribution in [0, 0.1) is 24.0 Å². The summed E-state index contributed by atoms with van der Waals surface area (Å²) < 4.78 is 5.46. The Morgan fingerprint density at radius 2 is 1.92 bits per heavy atom. The molecule has 8 heteroatoms. The molecule has 1 amide bonds. The number of anilines is 1. The van der Waals surface area contributed by atoms with Crippen molar-refractivity contribution in [3.63, 3.8) is 0 Å². The maximum absolute atomic E-state index is 12.3. The lowest BCUT2D eigenvalue weighted by Crippen LogP contribution is -2.14. The molecule has 126 valence electrons. The Labute approximate surface area is 142 Å². The highest BCUT2D eigenvalue weighted by Crippen LogP contribution is 2.25. The van der Waals surface area contributed by atoms with Crippen molar-refractivity contribution in [3.05, 3.63) is 69.3 Å². The summed E-state index contributed by atoms with van der Waals surface area (Å²) >= 11 is 0.